The standard InChI is InChI=1S/C20H19F3N2O3/c21-20(22,23)17-9-5-4-8-16(17)14-10-12-25(13-11-14)19(27)24-28-18(26)15-6-2-1-3-7-15/h1-9,14H,10-13H2,(H,24,27). The lowest BCUT2D eigenvalue weighted by atomic mass is 9.86. The minimum absolute atomic E-state index is 0.255. The molecule has 1 N–H and O–H groups in total. The van der Waals surface area contributed by atoms with Crippen molar-refractivity contribution in [1.82, 2.24) is 10.4 Å². The lowest BCUT2D eigenvalue weighted by Gasteiger charge is -2.32. The van der Waals surface area contributed by atoms with Gasteiger partial charge < -0.3 is 9.74 Å². The highest BCUT2D eigenvalue weighted by Crippen LogP contribution is 2.38. The molecule has 0 aliphatic carbocycles. The molecule has 5 nitrogen and oxygen atoms in total. The number of rotatable bonds is 2. The number of nitrogens with one attached hydrogen (secondary N) is 1. The quantitative estimate of drug-likeness (QED) is 0.773. The molecule has 1 saturated heterocycles. The van der Waals surface area contributed by atoms with Gasteiger partial charge in [-0.05, 0) is 42.5 Å². The van der Waals surface area contributed by atoms with Crippen molar-refractivity contribution in [3.05, 3.63) is 71.3 Å². The SMILES string of the molecule is O=C(ONC(=O)N1CCC(c2ccccc2C(F)(F)F)CC1)c1ccccc1. The first-order chi connectivity index (χ1) is 13.4. The molecular weight excluding hydrogens is 373 g/mol. The third-order valence-corrected chi connectivity index (χ3v) is 4.73. The van der Waals surface area contributed by atoms with Gasteiger partial charge in [0.05, 0.1) is 11.1 Å². The number of urea groups is 1. The summed E-state index contributed by atoms with van der Waals surface area (Å²) in [5.41, 5.74) is 2.02. The van der Waals surface area contributed by atoms with Crippen LogP contribution >= 0.6 is 0 Å². The lowest BCUT2D eigenvalue weighted by molar-refractivity contribution is -0.138. The molecule has 2 amide bonds. The van der Waals surface area contributed by atoms with Crippen LogP contribution in [0.4, 0.5) is 18.0 Å². The van der Waals surface area contributed by atoms with Gasteiger partial charge >= 0.3 is 18.2 Å². The summed E-state index contributed by atoms with van der Waals surface area (Å²) < 4.78 is 39.6. The predicted molar refractivity (Wildman–Crippen MR) is 95.4 cm³/mol. The Balaban J connectivity index is 1.54. The van der Waals surface area contributed by atoms with E-state index in [2.05, 4.69) is 5.48 Å². The summed E-state index contributed by atoms with van der Waals surface area (Å²) in [6.45, 7) is 0.539. The zero-order chi connectivity index (χ0) is 20.1. The number of hydrogen-bond donors (Lipinski definition) is 1. The maximum atomic E-state index is 13.2. The van der Waals surface area contributed by atoms with Crippen LogP contribution in [0.25, 0.3) is 0 Å². The van der Waals surface area contributed by atoms with E-state index < -0.39 is 23.7 Å². The van der Waals surface area contributed by atoms with Crippen molar-refractivity contribution >= 4 is 12.0 Å². The number of likely N-dealkylation sites (tertiary alicyclic amines) is 1. The Kier molecular flexibility index (Phi) is 5.87. The number of hydrogen-bond acceptors (Lipinski definition) is 3. The maximum absolute atomic E-state index is 13.2. The molecule has 0 spiro atoms. The fourth-order valence-electron chi connectivity index (χ4n) is 3.29. The van der Waals surface area contributed by atoms with Crippen molar-refractivity contribution in [2.75, 3.05) is 13.1 Å². The maximum Gasteiger partial charge on any atom is 0.416 e. The Morgan fingerprint density at radius 2 is 1.57 bits per heavy atom. The van der Waals surface area contributed by atoms with Crippen molar-refractivity contribution < 1.29 is 27.6 Å². The van der Waals surface area contributed by atoms with Crippen LogP contribution in [0.5, 0.6) is 0 Å². The van der Waals surface area contributed by atoms with Gasteiger partial charge in [-0.25, -0.2) is 9.59 Å². The van der Waals surface area contributed by atoms with Gasteiger partial charge in [0.2, 0.25) is 0 Å². The minimum atomic E-state index is -4.41. The normalized spacial score (nSPS) is 15.2. The summed E-state index contributed by atoms with van der Waals surface area (Å²) in [5, 5.41) is 0. The Morgan fingerprint density at radius 1 is 0.964 bits per heavy atom. The molecule has 1 aliphatic heterocycles. The summed E-state index contributed by atoms with van der Waals surface area (Å²) in [6.07, 6.45) is -3.61. The number of nitrogens with zero attached hydrogens (tertiary/aromatic N) is 1. The first-order valence-corrected chi connectivity index (χ1v) is 8.83. The highest BCUT2D eigenvalue weighted by atomic mass is 19.4. The van der Waals surface area contributed by atoms with E-state index in [1.54, 1.807) is 36.4 Å². The van der Waals surface area contributed by atoms with Gasteiger partial charge in [-0.15, -0.1) is 0 Å². The van der Waals surface area contributed by atoms with Crippen molar-refractivity contribution in [2.45, 2.75) is 24.9 Å². The van der Waals surface area contributed by atoms with Gasteiger partial charge in [0.1, 0.15) is 0 Å². The molecule has 2 aromatic carbocycles. The second-order valence-corrected chi connectivity index (χ2v) is 6.51. The van der Waals surface area contributed by atoms with Gasteiger partial charge in [-0.2, -0.15) is 18.7 Å². The van der Waals surface area contributed by atoms with Crippen LogP contribution in [0.2, 0.25) is 0 Å². The summed E-state index contributed by atoms with van der Waals surface area (Å²) in [4.78, 5) is 30.2. The number of carbonyl (C=O) groups excluding carboxylic acids is 2. The molecule has 0 bridgehead atoms. The average Bonchev–Trinajstić information content (AvgIpc) is 2.72. The van der Waals surface area contributed by atoms with Crippen LogP contribution in [-0.4, -0.2) is 30.0 Å². The van der Waals surface area contributed by atoms with Crippen molar-refractivity contribution in [2.24, 2.45) is 0 Å². The first kappa shape index (κ1) is 19.7. The van der Waals surface area contributed by atoms with E-state index >= 15 is 0 Å². The number of halogens is 3. The summed E-state index contributed by atoms with van der Waals surface area (Å²) in [7, 11) is 0. The van der Waals surface area contributed by atoms with Crippen LogP contribution < -0.4 is 5.48 Å². The highest BCUT2D eigenvalue weighted by molar-refractivity contribution is 5.90. The zero-order valence-electron chi connectivity index (χ0n) is 14.9. The van der Waals surface area contributed by atoms with Gasteiger partial charge in [0.25, 0.3) is 0 Å². The predicted octanol–water partition coefficient (Wildman–Crippen LogP) is 4.37. The molecular formula is C20H19F3N2O3. The molecule has 3 rings (SSSR count). The fraction of sp³-hybridized carbons (Fsp3) is 0.300. The lowest BCUT2D eigenvalue weighted by Crippen LogP contribution is -2.44. The molecule has 0 atom stereocenters. The molecule has 1 aliphatic rings. The Morgan fingerprint density at radius 3 is 2.21 bits per heavy atom. The number of carbonyl (C=O) groups is 2. The summed E-state index contributed by atoms with van der Waals surface area (Å²) in [5.74, 6) is -0.975. The van der Waals surface area contributed by atoms with Gasteiger partial charge in [0.15, 0.2) is 0 Å². The van der Waals surface area contributed by atoms with Crippen LogP contribution in [0.15, 0.2) is 54.6 Å². The number of piperidine rings is 1. The number of hydroxylamine groups is 1. The third kappa shape index (κ3) is 4.62. The van der Waals surface area contributed by atoms with Crippen molar-refractivity contribution in [3.63, 3.8) is 0 Å². The molecule has 148 valence electrons. The molecule has 0 radical (unpaired) electrons. The zero-order valence-corrected chi connectivity index (χ0v) is 14.9. The van der Waals surface area contributed by atoms with Crippen molar-refractivity contribution in [3.8, 4) is 0 Å². The van der Waals surface area contributed by atoms with E-state index in [0.29, 0.717) is 18.4 Å². The van der Waals surface area contributed by atoms with Gasteiger partial charge in [0, 0.05) is 13.1 Å². The minimum Gasteiger partial charge on any atom is -0.334 e. The van der Waals surface area contributed by atoms with Crippen LogP contribution in [-0.2, 0) is 11.0 Å². The smallest absolute Gasteiger partial charge is 0.334 e. The molecule has 1 fully saturated rings. The number of amides is 2. The van der Waals surface area contributed by atoms with E-state index in [1.807, 2.05) is 0 Å². The molecule has 0 unspecified atom stereocenters. The molecule has 8 heteroatoms. The second-order valence-electron chi connectivity index (χ2n) is 6.51. The molecule has 0 saturated carbocycles. The van der Waals surface area contributed by atoms with E-state index in [1.165, 1.54) is 17.0 Å². The average molecular weight is 392 g/mol. The Bertz CT molecular complexity index is 832. The topological polar surface area (TPSA) is 58.6 Å². The second kappa shape index (κ2) is 8.33. The molecule has 2 aromatic rings. The molecule has 1 heterocycles. The van der Waals surface area contributed by atoms with Crippen LogP contribution in [0.1, 0.15) is 40.2 Å². The van der Waals surface area contributed by atoms with E-state index in [9.17, 15) is 22.8 Å². The van der Waals surface area contributed by atoms with E-state index in [4.69, 9.17) is 4.84 Å². The Labute approximate surface area is 160 Å². The largest absolute Gasteiger partial charge is 0.416 e. The van der Waals surface area contributed by atoms with E-state index in [-0.39, 0.29) is 24.6 Å². The van der Waals surface area contributed by atoms with E-state index in [0.717, 1.165) is 6.07 Å². The summed E-state index contributed by atoms with van der Waals surface area (Å²) in [6, 6.07) is 13.1. The summed E-state index contributed by atoms with van der Waals surface area (Å²) >= 11 is 0. The van der Waals surface area contributed by atoms with Gasteiger partial charge in [-0.3, -0.25) is 0 Å². The number of alkyl halides is 3. The monoisotopic (exact) mass is 392 g/mol. The Hall–Kier alpha value is -3.03. The fourth-order valence-corrected chi connectivity index (χ4v) is 3.29. The third-order valence-electron chi connectivity index (χ3n) is 4.73. The van der Waals surface area contributed by atoms with Gasteiger partial charge in [-0.1, -0.05) is 36.4 Å². The van der Waals surface area contributed by atoms with Crippen LogP contribution in [0, 0.1) is 0 Å². The first-order valence-electron chi connectivity index (χ1n) is 8.83. The highest BCUT2D eigenvalue weighted by Gasteiger charge is 2.36. The van der Waals surface area contributed by atoms with Crippen molar-refractivity contribution in [1.29, 1.82) is 0 Å². The number of benzene rings is 2. The molecule has 0 aromatic heterocycles. The van der Waals surface area contributed by atoms with Crippen LogP contribution in [0.3, 0.4) is 0 Å². The molecule has 28 heavy (non-hydrogen) atoms.